The summed E-state index contributed by atoms with van der Waals surface area (Å²) in [6, 6.07) is 18.5. The summed E-state index contributed by atoms with van der Waals surface area (Å²) in [5, 5.41) is 0. The van der Waals surface area contributed by atoms with Crippen LogP contribution in [0.4, 0.5) is 0 Å². The molecule has 0 saturated heterocycles. The van der Waals surface area contributed by atoms with E-state index in [2.05, 4.69) is 26.9 Å². The Kier molecular flexibility index (Phi) is 5.83. The molecule has 2 amide bonds. The maximum absolute atomic E-state index is 12.2. The van der Waals surface area contributed by atoms with Crippen LogP contribution in [-0.2, 0) is 5.75 Å². The van der Waals surface area contributed by atoms with Gasteiger partial charge in [0.15, 0.2) is 4.34 Å². The quantitative estimate of drug-likeness (QED) is 0.376. The summed E-state index contributed by atoms with van der Waals surface area (Å²) >= 11 is 3.35. The van der Waals surface area contributed by atoms with Crippen molar-refractivity contribution in [2.75, 3.05) is 0 Å². The van der Waals surface area contributed by atoms with E-state index in [-0.39, 0.29) is 5.91 Å². The van der Waals surface area contributed by atoms with E-state index in [4.69, 9.17) is 0 Å². The first kappa shape index (κ1) is 19.1. The van der Waals surface area contributed by atoms with E-state index in [0.29, 0.717) is 11.1 Å². The highest BCUT2D eigenvalue weighted by atomic mass is 32.2. The Labute approximate surface area is 175 Å². The van der Waals surface area contributed by atoms with Crippen molar-refractivity contribution in [2.45, 2.75) is 10.1 Å². The molecule has 0 unspecified atom stereocenters. The van der Waals surface area contributed by atoms with Gasteiger partial charge in [0, 0.05) is 29.3 Å². The zero-order chi connectivity index (χ0) is 20.1. The number of nitrogens with one attached hydrogen (secondary N) is 2. The average molecular weight is 421 g/mol. The normalized spacial score (nSPS) is 10.6. The Morgan fingerprint density at radius 1 is 0.862 bits per heavy atom. The number of hydrogen-bond donors (Lipinski definition) is 2. The Hall–Kier alpha value is -3.23. The summed E-state index contributed by atoms with van der Waals surface area (Å²) in [5.41, 5.74) is 7.80. The molecule has 0 fully saturated rings. The summed E-state index contributed by atoms with van der Waals surface area (Å²) in [6.07, 6.45) is 3.03. The molecule has 4 aromatic rings. The predicted molar refractivity (Wildman–Crippen MR) is 115 cm³/mol. The smallest absolute Gasteiger partial charge is 0.267 e. The van der Waals surface area contributed by atoms with Gasteiger partial charge in [-0.05, 0) is 42.0 Å². The third-order valence-electron chi connectivity index (χ3n) is 4.08. The van der Waals surface area contributed by atoms with Gasteiger partial charge in [-0.25, -0.2) is 4.98 Å². The number of carbonyl (C=O) groups excluding carboxylic acids is 2. The molecule has 144 valence electrons. The zero-order valence-electron chi connectivity index (χ0n) is 15.2. The van der Waals surface area contributed by atoms with Crippen LogP contribution in [0.3, 0.4) is 0 Å². The summed E-state index contributed by atoms with van der Waals surface area (Å²) in [6.45, 7) is 0. The molecule has 8 heteroatoms. The van der Waals surface area contributed by atoms with Crippen LogP contribution in [0.1, 0.15) is 26.3 Å². The van der Waals surface area contributed by atoms with Crippen molar-refractivity contribution in [3.63, 3.8) is 0 Å². The average Bonchev–Trinajstić information content (AvgIpc) is 3.20. The number of rotatable bonds is 5. The van der Waals surface area contributed by atoms with Crippen LogP contribution in [0.25, 0.3) is 10.2 Å². The fraction of sp³-hybridized carbons (Fsp3) is 0.0476. The predicted octanol–water partition coefficient (Wildman–Crippen LogP) is 4.06. The summed E-state index contributed by atoms with van der Waals surface area (Å²) in [5.74, 6) is -0.0112. The van der Waals surface area contributed by atoms with Gasteiger partial charge in [-0.2, -0.15) is 0 Å². The van der Waals surface area contributed by atoms with Crippen molar-refractivity contribution >= 4 is 45.1 Å². The number of aromatic nitrogens is 2. The molecule has 0 radical (unpaired) electrons. The lowest BCUT2D eigenvalue weighted by Crippen LogP contribution is -2.41. The first-order chi connectivity index (χ1) is 14.2. The second kappa shape index (κ2) is 8.85. The molecule has 2 N–H and O–H groups in total. The van der Waals surface area contributed by atoms with Gasteiger partial charge in [0.05, 0.1) is 10.2 Å². The van der Waals surface area contributed by atoms with E-state index >= 15 is 0 Å². The van der Waals surface area contributed by atoms with Gasteiger partial charge in [-0.3, -0.25) is 25.4 Å². The Morgan fingerprint density at radius 3 is 2.21 bits per heavy atom. The molecule has 0 aliphatic rings. The maximum Gasteiger partial charge on any atom is 0.269 e. The Bertz CT molecular complexity index is 1110. The molecular formula is C21H16N4O2S2. The highest BCUT2D eigenvalue weighted by Gasteiger charge is 2.09. The second-order valence-electron chi connectivity index (χ2n) is 6.08. The van der Waals surface area contributed by atoms with Gasteiger partial charge in [-0.1, -0.05) is 36.0 Å². The van der Waals surface area contributed by atoms with Crippen LogP contribution in [-0.4, -0.2) is 21.8 Å². The monoisotopic (exact) mass is 420 g/mol. The second-order valence-corrected chi connectivity index (χ2v) is 8.33. The minimum absolute atomic E-state index is 0.377. The van der Waals surface area contributed by atoms with Gasteiger partial charge in [0.2, 0.25) is 0 Å². The minimum Gasteiger partial charge on any atom is -0.267 e. The number of para-hydroxylation sites is 1. The number of hydrazine groups is 1. The molecule has 29 heavy (non-hydrogen) atoms. The molecule has 4 rings (SSSR count). The van der Waals surface area contributed by atoms with Crippen LogP contribution >= 0.6 is 23.1 Å². The fourth-order valence-corrected chi connectivity index (χ4v) is 4.60. The highest BCUT2D eigenvalue weighted by molar-refractivity contribution is 8.00. The Morgan fingerprint density at radius 2 is 1.52 bits per heavy atom. The molecule has 0 aliphatic carbocycles. The largest absolute Gasteiger partial charge is 0.269 e. The van der Waals surface area contributed by atoms with Gasteiger partial charge < -0.3 is 0 Å². The van der Waals surface area contributed by atoms with E-state index in [9.17, 15) is 9.59 Å². The van der Waals surface area contributed by atoms with Crippen molar-refractivity contribution in [3.05, 3.63) is 89.7 Å². The highest BCUT2D eigenvalue weighted by Crippen LogP contribution is 2.31. The number of fused-ring (bicyclic) bond motifs is 1. The number of benzene rings is 2. The lowest BCUT2D eigenvalue weighted by molar-refractivity contribution is 0.0846. The molecule has 0 atom stereocenters. The number of amides is 2. The van der Waals surface area contributed by atoms with Crippen molar-refractivity contribution in [1.29, 1.82) is 0 Å². The number of thiazole rings is 1. The lowest BCUT2D eigenvalue weighted by atomic mass is 10.1. The van der Waals surface area contributed by atoms with Gasteiger partial charge >= 0.3 is 0 Å². The summed E-state index contributed by atoms with van der Waals surface area (Å²) in [4.78, 5) is 32.6. The molecule has 0 bridgehead atoms. The minimum atomic E-state index is -0.399. The Balaban J connectivity index is 1.31. The van der Waals surface area contributed by atoms with Crippen molar-refractivity contribution < 1.29 is 9.59 Å². The number of hydrogen-bond acceptors (Lipinski definition) is 6. The third kappa shape index (κ3) is 4.79. The molecule has 0 spiro atoms. The van der Waals surface area contributed by atoms with Crippen molar-refractivity contribution in [2.24, 2.45) is 0 Å². The molecule has 2 aromatic heterocycles. The summed E-state index contributed by atoms with van der Waals surface area (Å²) in [7, 11) is 0. The van der Waals surface area contributed by atoms with Gasteiger partial charge in [-0.15, -0.1) is 11.3 Å². The summed E-state index contributed by atoms with van der Waals surface area (Å²) < 4.78 is 2.20. The number of thioether (sulfide) groups is 1. The molecule has 6 nitrogen and oxygen atoms in total. The fourth-order valence-electron chi connectivity index (χ4n) is 2.57. The van der Waals surface area contributed by atoms with Gasteiger partial charge in [0.1, 0.15) is 0 Å². The number of carbonyl (C=O) groups is 2. The third-order valence-corrected chi connectivity index (χ3v) is 6.34. The standard InChI is InChI=1S/C21H16N4O2S2/c26-19(24-25-20(27)16-9-11-22-12-10-16)15-7-5-14(6-8-15)13-28-21-23-17-3-1-2-4-18(17)29-21/h1-12H,13H2,(H,24,26)(H,25,27). The lowest BCUT2D eigenvalue weighted by Gasteiger charge is -2.08. The molecule has 0 saturated carbocycles. The van der Waals surface area contributed by atoms with Crippen LogP contribution < -0.4 is 10.9 Å². The van der Waals surface area contributed by atoms with Crippen LogP contribution in [0.15, 0.2) is 77.4 Å². The molecular weight excluding hydrogens is 404 g/mol. The maximum atomic E-state index is 12.2. The molecule has 2 aromatic carbocycles. The van der Waals surface area contributed by atoms with Crippen LogP contribution in [0, 0.1) is 0 Å². The number of pyridine rings is 1. The van der Waals surface area contributed by atoms with E-state index in [0.717, 1.165) is 21.2 Å². The first-order valence-corrected chi connectivity index (χ1v) is 10.6. The van der Waals surface area contributed by atoms with Crippen LogP contribution in [0.5, 0.6) is 0 Å². The van der Waals surface area contributed by atoms with Crippen molar-refractivity contribution in [3.8, 4) is 0 Å². The van der Waals surface area contributed by atoms with E-state index < -0.39 is 5.91 Å². The molecule has 0 aliphatic heterocycles. The van der Waals surface area contributed by atoms with Crippen molar-refractivity contribution in [1.82, 2.24) is 20.8 Å². The topological polar surface area (TPSA) is 84.0 Å². The van der Waals surface area contributed by atoms with E-state index in [1.54, 1.807) is 47.4 Å². The van der Waals surface area contributed by atoms with E-state index in [1.807, 2.05) is 30.3 Å². The van der Waals surface area contributed by atoms with E-state index in [1.165, 1.54) is 17.1 Å². The van der Waals surface area contributed by atoms with Crippen LogP contribution in [0.2, 0.25) is 0 Å². The zero-order valence-corrected chi connectivity index (χ0v) is 16.8. The van der Waals surface area contributed by atoms with Gasteiger partial charge in [0.25, 0.3) is 11.8 Å². The first-order valence-electron chi connectivity index (χ1n) is 8.77. The molecule has 2 heterocycles. The number of nitrogens with zero attached hydrogens (tertiary/aromatic N) is 2. The SMILES string of the molecule is O=C(NNC(=O)c1ccc(CSc2nc3ccccc3s2)cc1)c1ccncc1.